The van der Waals surface area contributed by atoms with Gasteiger partial charge in [0.25, 0.3) is 0 Å². The van der Waals surface area contributed by atoms with Crippen molar-refractivity contribution in [2.75, 3.05) is 30.4 Å². The van der Waals surface area contributed by atoms with E-state index in [2.05, 4.69) is 21.2 Å². The maximum Gasteiger partial charge on any atom is 0.241 e. The molecule has 1 aliphatic heterocycles. The fourth-order valence-electron chi connectivity index (χ4n) is 2.15. The number of carbonyl (C=O) groups excluding carboxylic acids is 1. The third-order valence-electron chi connectivity index (χ3n) is 3.44. The van der Waals surface area contributed by atoms with E-state index in [9.17, 15) is 13.2 Å². The van der Waals surface area contributed by atoms with Crippen LogP contribution in [0.1, 0.15) is 6.42 Å². The summed E-state index contributed by atoms with van der Waals surface area (Å²) in [5, 5.41) is 3.04. The largest absolute Gasteiger partial charge is 0.376 e. The molecule has 1 aromatic carbocycles. The van der Waals surface area contributed by atoms with Gasteiger partial charge in [0.2, 0.25) is 5.91 Å². The summed E-state index contributed by atoms with van der Waals surface area (Å²) in [4.78, 5) is 13.6. The van der Waals surface area contributed by atoms with Crippen LogP contribution in [0.3, 0.4) is 0 Å². The van der Waals surface area contributed by atoms with Gasteiger partial charge in [-0.1, -0.05) is 15.9 Å². The van der Waals surface area contributed by atoms with Gasteiger partial charge in [-0.05, 0) is 30.7 Å². The number of halogens is 1. The van der Waals surface area contributed by atoms with E-state index in [1.807, 2.05) is 24.3 Å². The van der Waals surface area contributed by atoms with Gasteiger partial charge in [-0.2, -0.15) is 0 Å². The molecule has 1 saturated heterocycles. The fourth-order valence-corrected chi connectivity index (χ4v) is 4.19. The fraction of sp³-hybridized carbons (Fsp3) is 0.462. The lowest BCUT2D eigenvalue weighted by Crippen LogP contribution is -2.40. The van der Waals surface area contributed by atoms with E-state index in [0.29, 0.717) is 6.42 Å². The molecule has 110 valence electrons. The van der Waals surface area contributed by atoms with Crippen molar-refractivity contribution >= 4 is 37.4 Å². The third kappa shape index (κ3) is 3.96. The van der Waals surface area contributed by atoms with Crippen LogP contribution in [0.4, 0.5) is 5.69 Å². The Morgan fingerprint density at radius 3 is 2.60 bits per heavy atom. The van der Waals surface area contributed by atoms with Crippen LogP contribution in [-0.4, -0.2) is 50.4 Å². The lowest BCUT2D eigenvalue weighted by molar-refractivity contribution is -0.129. The van der Waals surface area contributed by atoms with Crippen LogP contribution in [0.5, 0.6) is 0 Å². The molecular formula is C13H17BrN2O3S. The number of benzene rings is 1. The summed E-state index contributed by atoms with van der Waals surface area (Å²) in [6.45, 7) is 0.161. The molecule has 0 saturated carbocycles. The monoisotopic (exact) mass is 360 g/mol. The van der Waals surface area contributed by atoms with E-state index in [-0.39, 0.29) is 30.0 Å². The second-order valence-corrected chi connectivity index (χ2v) is 8.07. The Balaban J connectivity index is 1.87. The minimum Gasteiger partial charge on any atom is -0.376 e. The number of anilines is 1. The number of hydrogen-bond acceptors (Lipinski definition) is 4. The smallest absolute Gasteiger partial charge is 0.241 e. The second kappa shape index (κ2) is 6.13. The number of nitrogens with zero attached hydrogens (tertiary/aromatic N) is 1. The molecule has 0 aliphatic carbocycles. The predicted molar refractivity (Wildman–Crippen MR) is 82.5 cm³/mol. The van der Waals surface area contributed by atoms with Crippen molar-refractivity contribution < 1.29 is 13.2 Å². The molecule has 1 N–H and O–H groups in total. The minimum atomic E-state index is -2.97. The average molecular weight is 361 g/mol. The minimum absolute atomic E-state index is 0.0769. The zero-order valence-corrected chi connectivity index (χ0v) is 13.6. The number of amides is 1. The van der Waals surface area contributed by atoms with E-state index in [1.54, 1.807) is 7.05 Å². The first kappa shape index (κ1) is 15.3. The maximum absolute atomic E-state index is 12.0. The van der Waals surface area contributed by atoms with Crippen LogP contribution in [-0.2, 0) is 14.6 Å². The van der Waals surface area contributed by atoms with Gasteiger partial charge in [0.05, 0.1) is 18.1 Å². The molecule has 0 aromatic heterocycles. The van der Waals surface area contributed by atoms with Crippen molar-refractivity contribution in [2.45, 2.75) is 12.5 Å². The molecule has 0 spiro atoms. The summed E-state index contributed by atoms with van der Waals surface area (Å²) in [5.41, 5.74) is 0.856. The highest BCUT2D eigenvalue weighted by atomic mass is 79.9. The number of carbonyl (C=O) groups is 1. The number of hydrogen-bond donors (Lipinski definition) is 1. The number of nitrogens with one attached hydrogen (secondary N) is 1. The lowest BCUT2D eigenvalue weighted by Gasteiger charge is -2.23. The van der Waals surface area contributed by atoms with Crippen molar-refractivity contribution in [3.8, 4) is 0 Å². The summed E-state index contributed by atoms with van der Waals surface area (Å²) < 4.78 is 23.8. The van der Waals surface area contributed by atoms with Crippen LogP contribution in [0.15, 0.2) is 28.7 Å². The van der Waals surface area contributed by atoms with Gasteiger partial charge in [-0.15, -0.1) is 0 Å². The van der Waals surface area contributed by atoms with Crippen molar-refractivity contribution in [3.63, 3.8) is 0 Å². The normalized spacial score (nSPS) is 20.6. The van der Waals surface area contributed by atoms with Crippen LogP contribution >= 0.6 is 15.9 Å². The standard InChI is InChI=1S/C13H17BrN2O3S/c1-16(12-6-7-20(18,19)9-12)13(17)8-15-11-4-2-10(14)3-5-11/h2-5,12,15H,6-9H2,1H3. The molecule has 1 heterocycles. The van der Waals surface area contributed by atoms with E-state index in [0.717, 1.165) is 10.2 Å². The van der Waals surface area contributed by atoms with Crippen molar-refractivity contribution in [1.29, 1.82) is 0 Å². The molecule has 1 aromatic rings. The van der Waals surface area contributed by atoms with Gasteiger partial charge in [0.1, 0.15) is 0 Å². The molecule has 1 amide bonds. The first-order valence-corrected chi connectivity index (χ1v) is 8.94. The highest BCUT2D eigenvalue weighted by Gasteiger charge is 2.32. The maximum atomic E-state index is 12.0. The first-order valence-electron chi connectivity index (χ1n) is 6.33. The Bertz CT molecular complexity index is 586. The molecule has 1 atom stereocenters. The predicted octanol–water partition coefficient (Wildman–Crippen LogP) is 1.51. The lowest BCUT2D eigenvalue weighted by atomic mass is 10.2. The molecule has 0 bridgehead atoms. The quantitative estimate of drug-likeness (QED) is 0.883. The molecule has 20 heavy (non-hydrogen) atoms. The highest BCUT2D eigenvalue weighted by molar-refractivity contribution is 9.10. The van der Waals surface area contributed by atoms with Gasteiger partial charge in [-0.3, -0.25) is 4.79 Å². The Kier molecular flexibility index (Phi) is 4.70. The van der Waals surface area contributed by atoms with E-state index in [1.165, 1.54) is 4.90 Å². The van der Waals surface area contributed by atoms with Crippen LogP contribution < -0.4 is 5.32 Å². The van der Waals surface area contributed by atoms with Gasteiger partial charge < -0.3 is 10.2 Å². The van der Waals surface area contributed by atoms with E-state index in [4.69, 9.17) is 0 Å². The Hall–Kier alpha value is -1.08. The van der Waals surface area contributed by atoms with Crippen LogP contribution in [0.2, 0.25) is 0 Å². The molecule has 1 unspecified atom stereocenters. The van der Waals surface area contributed by atoms with Gasteiger partial charge in [0.15, 0.2) is 9.84 Å². The van der Waals surface area contributed by atoms with E-state index < -0.39 is 9.84 Å². The summed E-state index contributed by atoms with van der Waals surface area (Å²) in [6, 6.07) is 7.33. The topological polar surface area (TPSA) is 66.5 Å². The molecule has 2 rings (SSSR count). The molecule has 1 fully saturated rings. The SMILES string of the molecule is CN(C(=O)CNc1ccc(Br)cc1)C1CCS(=O)(=O)C1. The van der Waals surface area contributed by atoms with Crippen molar-refractivity contribution in [3.05, 3.63) is 28.7 Å². The molecular weight excluding hydrogens is 344 g/mol. The molecule has 5 nitrogen and oxygen atoms in total. The Labute approximate surface area is 127 Å². The summed E-state index contributed by atoms with van der Waals surface area (Å²) >= 11 is 3.34. The number of likely N-dealkylation sites (N-methyl/N-ethyl adjacent to an activating group) is 1. The van der Waals surface area contributed by atoms with Crippen molar-refractivity contribution in [1.82, 2.24) is 4.90 Å². The zero-order valence-electron chi connectivity index (χ0n) is 11.2. The van der Waals surface area contributed by atoms with Gasteiger partial charge in [-0.25, -0.2) is 8.42 Å². The highest BCUT2D eigenvalue weighted by Crippen LogP contribution is 2.17. The zero-order chi connectivity index (χ0) is 14.8. The van der Waals surface area contributed by atoms with Crippen molar-refractivity contribution in [2.24, 2.45) is 0 Å². The number of sulfone groups is 1. The van der Waals surface area contributed by atoms with Crippen LogP contribution in [0, 0.1) is 0 Å². The van der Waals surface area contributed by atoms with Gasteiger partial charge in [0, 0.05) is 23.2 Å². The first-order chi connectivity index (χ1) is 9.37. The summed E-state index contributed by atoms with van der Waals surface area (Å²) in [7, 11) is -1.30. The summed E-state index contributed by atoms with van der Waals surface area (Å²) in [6.07, 6.45) is 0.531. The number of rotatable bonds is 4. The Morgan fingerprint density at radius 2 is 2.05 bits per heavy atom. The third-order valence-corrected chi connectivity index (χ3v) is 5.72. The average Bonchev–Trinajstić information content (AvgIpc) is 2.77. The second-order valence-electron chi connectivity index (χ2n) is 4.92. The van der Waals surface area contributed by atoms with Crippen LogP contribution in [0.25, 0.3) is 0 Å². The summed E-state index contributed by atoms with van der Waals surface area (Å²) in [5.74, 6) is 0.151. The van der Waals surface area contributed by atoms with Gasteiger partial charge >= 0.3 is 0 Å². The Morgan fingerprint density at radius 1 is 1.40 bits per heavy atom. The molecule has 7 heteroatoms. The molecule has 0 radical (unpaired) electrons. The molecule has 1 aliphatic rings. The van der Waals surface area contributed by atoms with E-state index >= 15 is 0 Å².